The van der Waals surface area contributed by atoms with Crippen LogP contribution in [0.15, 0.2) is 42.1 Å². The topological polar surface area (TPSA) is 118 Å². The monoisotopic (exact) mass is 433 g/mol. The van der Waals surface area contributed by atoms with E-state index >= 15 is 0 Å². The second-order valence-electron chi connectivity index (χ2n) is 8.43. The maximum Gasteiger partial charge on any atom is 0.425 e. The van der Waals surface area contributed by atoms with Crippen LogP contribution < -0.4 is 5.32 Å². The molecule has 31 heavy (non-hydrogen) atoms. The second-order valence-corrected chi connectivity index (χ2v) is 8.43. The Bertz CT molecular complexity index is 807. The van der Waals surface area contributed by atoms with Crippen molar-refractivity contribution in [3.8, 4) is 0 Å². The molecule has 0 saturated heterocycles. The van der Waals surface area contributed by atoms with Crippen LogP contribution in [0.2, 0.25) is 0 Å². The number of amidine groups is 1. The van der Waals surface area contributed by atoms with E-state index in [4.69, 9.17) is 19.6 Å². The number of imide groups is 1. The van der Waals surface area contributed by atoms with Crippen LogP contribution in [0.5, 0.6) is 0 Å². The third-order valence-electron chi connectivity index (χ3n) is 3.28. The van der Waals surface area contributed by atoms with Crippen LogP contribution in [0.1, 0.15) is 48.5 Å². The summed E-state index contributed by atoms with van der Waals surface area (Å²) in [5.74, 6) is -1.64. The van der Waals surface area contributed by atoms with E-state index in [2.05, 4.69) is 5.32 Å². The third-order valence-corrected chi connectivity index (χ3v) is 3.28. The molecule has 0 radical (unpaired) electrons. The van der Waals surface area contributed by atoms with Crippen LogP contribution in [0.25, 0.3) is 0 Å². The van der Waals surface area contributed by atoms with Crippen molar-refractivity contribution in [2.45, 2.75) is 59.7 Å². The van der Waals surface area contributed by atoms with Gasteiger partial charge in [-0.3, -0.25) is 5.41 Å². The molecule has 170 valence electrons. The minimum absolute atomic E-state index is 0.0354. The van der Waals surface area contributed by atoms with Gasteiger partial charge in [0.1, 0.15) is 16.8 Å². The SMILES string of the molecule is CCOC(=O)/C(=C/Nc1ccccc1)C(=N)N(C(=O)OC(C)(C)C)C(=O)OC(C)(C)C. The van der Waals surface area contributed by atoms with E-state index in [9.17, 15) is 14.4 Å². The molecule has 0 spiro atoms. The summed E-state index contributed by atoms with van der Waals surface area (Å²) in [4.78, 5) is 38.4. The van der Waals surface area contributed by atoms with Crippen molar-refractivity contribution in [2.24, 2.45) is 0 Å². The zero-order valence-electron chi connectivity index (χ0n) is 19.1. The van der Waals surface area contributed by atoms with E-state index < -0.39 is 35.2 Å². The zero-order chi connectivity index (χ0) is 23.8. The van der Waals surface area contributed by atoms with Crippen molar-refractivity contribution in [3.05, 3.63) is 42.1 Å². The van der Waals surface area contributed by atoms with Crippen LogP contribution in [-0.2, 0) is 19.0 Å². The van der Waals surface area contributed by atoms with E-state index in [0.29, 0.717) is 10.6 Å². The summed E-state index contributed by atoms with van der Waals surface area (Å²) in [6.07, 6.45) is -1.11. The van der Waals surface area contributed by atoms with Crippen molar-refractivity contribution in [1.82, 2.24) is 4.90 Å². The fraction of sp³-hybridized carbons (Fsp3) is 0.455. The van der Waals surface area contributed by atoms with Gasteiger partial charge in [0.25, 0.3) is 0 Å². The number of carbonyl (C=O) groups excluding carboxylic acids is 3. The maximum absolute atomic E-state index is 12.7. The molecule has 0 atom stereocenters. The van der Waals surface area contributed by atoms with Crippen LogP contribution in [0.3, 0.4) is 0 Å². The van der Waals surface area contributed by atoms with Crippen molar-refractivity contribution < 1.29 is 28.6 Å². The quantitative estimate of drug-likeness (QED) is 0.227. The minimum atomic E-state index is -1.15. The first-order chi connectivity index (χ1) is 14.2. The van der Waals surface area contributed by atoms with Gasteiger partial charge in [0.05, 0.1) is 6.61 Å². The van der Waals surface area contributed by atoms with Gasteiger partial charge in [0.15, 0.2) is 5.84 Å². The Kier molecular flexibility index (Phi) is 8.78. The Morgan fingerprint density at radius 2 is 1.45 bits per heavy atom. The summed E-state index contributed by atoms with van der Waals surface area (Å²) in [5, 5.41) is 11.3. The average Bonchev–Trinajstić information content (AvgIpc) is 2.60. The number of hydrogen-bond donors (Lipinski definition) is 2. The number of para-hydroxylation sites is 1. The predicted octanol–water partition coefficient (Wildman–Crippen LogP) is 4.69. The third kappa shape index (κ3) is 8.90. The highest BCUT2D eigenvalue weighted by Gasteiger charge is 2.37. The van der Waals surface area contributed by atoms with E-state index in [1.807, 2.05) is 6.07 Å². The predicted molar refractivity (Wildman–Crippen MR) is 117 cm³/mol. The maximum atomic E-state index is 12.7. The summed E-state index contributed by atoms with van der Waals surface area (Å²) in [6.45, 7) is 11.3. The largest absolute Gasteiger partial charge is 0.462 e. The molecule has 1 aromatic rings. The van der Waals surface area contributed by atoms with Crippen molar-refractivity contribution in [1.29, 1.82) is 5.41 Å². The van der Waals surface area contributed by atoms with E-state index in [0.717, 1.165) is 0 Å². The lowest BCUT2D eigenvalue weighted by molar-refractivity contribution is -0.137. The van der Waals surface area contributed by atoms with Gasteiger partial charge in [-0.25, -0.2) is 14.4 Å². The second kappa shape index (κ2) is 10.6. The highest BCUT2D eigenvalue weighted by molar-refractivity contribution is 6.25. The van der Waals surface area contributed by atoms with Gasteiger partial charge < -0.3 is 19.5 Å². The van der Waals surface area contributed by atoms with Gasteiger partial charge in [-0.15, -0.1) is 0 Å². The van der Waals surface area contributed by atoms with Crippen LogP contribution in [0, 0.1) is 5.41 Å². The number of carbonyl (C=O) groups is 3. The van der Waals surface area contributed by atoms with Gasteiger partial charge in [-0.05, 0) is 60.6 Å². The Labute approximate surface area is 182 Å². The van der Waals surface area contributed by atoms with Gasteiger partial charge in [0, 0.05) is 11.9 Å². The fourth-order valence-corrected chi connectivity index (χ4v) is 2.12. The molecule has 0 aliphatic heterocycles. The number of amides is 2. The van der Waals surface area contributed by atoms with Crippen LogP contribution in [-0.4, -0.2) is 46.7 Å². The Hall–Kier alpha value is -3.36. The number of hydrogen-bond acceptors (Lipinski definition) is 8. The molecule has 0 fully saturated rings. The van der Waals surface area contributed by atoms with Gasteiger partial charge in [-0.2, -0.15) is 4.90 Å². The number of nitrogens with zero attached hydrogens (tertiary/aromatic N) is 1. The smallest absolute Gasteiger partial charge is 0.425 e. The van der Waals surface area contributed by atoms with Crippen molar-refractivity contribution >= 4 is 29.7 Å². The molecule has 1 aromatic carbocycles. The zero-order valence-corrected chi connectivity index (χ0v) is 19.1. The summed E-state index contributed by atoms with van der Waals surface area (Å²) < 4.78 is 15.5. The van der Waals surface area contributed by atoms with Crippen LogP contribution in [0.4, 0.5) is 15.3 Å². The average molecular weight is 434 g/mol. The molecule has 1 rings (SSSR count). The number of rotatable bonds is 5. The van der Waals surface area contributed by atoms with Crippen molar-refractivity contribution in [3.63, 3.8) is 0 Å². The molecule has 2 amide bonds. The number of benzene rings is 1. The number of esters is 1. The van der Waals surface area contributed by atoms with E-state index in [-0.39, 0.29) is 12.2 Å². The fourth-order valence-electron chi connectivity index (χ4n) is 2.12. The van der Waals surface area contributed by atoms with E-state index in [1.165, 1.54) is 6.20 Å². The molecule has 9 heteroatoms. The highest BCUT2D eigenvalue weighted by Crippen LogP contribution is 2.18. The molecule has 0 saturated carbocycles. The molecule has 2 N–H and O–H groups in total. The lowest BCUT2D eigenvalue weighted by atomic mass is 10.2. The lowest BCUT2D eigenvalue weighted by Crippen LogP contribution is -2.48. The first kappa shape index (κ1) is 25.7. The molecular formula is C22H31N3O6. The minimum Gasteiger partial charge on any atom is -0.462 e. The number of anilines is 1. The molecule has 0 aliphatic carbocycles. The number of nitrogens with one attached hydrogen (secondary N) is 2. The normalized spacial score (nSPS) is 11.9. The molecule has 0 aromatic heterocycles. The summed E-state index contributed by atoms with van der Waals surface area (Å²) in [5.41, 5.74) is -1.64. The first-order valence-electron chi connectivity index (χ1n) is 9.79. The standard InChI is InChI=1S/C22H31N3O6/c1-8-29-18(26)16(14-24-15-12-10-9-11-13-15)17(23)25(19(27)30-21(2,3)4)20(28)31-22(5,6)7/h9-14,23-24H,8H2,1-7H3/b16-14+,23-17?. The summed E-state index contributed by atoms with van der Waals surface area (Å²) in [6, 6.07) is 8.85. The molecule has 0 aliphatic rings. The van der Waals surface area contributed by atoms with Gasteiger partial charge in [-0.1, -0.05) is 18.2 Å². The molecular weight excluding hydrogens is 402 g/mol. The van der Waals surface area contributed by atoms with Gasteiger partial charge in [0.2, 0.25) is 0 Å². The first-order valence-corrected chi connectivity index (χ1v) is 9.79. The van der Waals surface area contributed by atoms with Gasteiger partial charge >= 0.3 is 18.2 Å². The Morgan fingerprint density at radius 1 is 0.968 bits per heavy atom. The molecule has 0 heterocycles. The van der Waals surface area contributed by atoms with Crippen LogP contribution >= 0.6 is 0 Å². The summed E-state index contributed by atoms with van der Waals surface area (Å²) in [7, 11) is 0. The number of ether oxygens (including phenoxy) is 3. The lowest BCUT2D eigenvalue weighted by Gasteiger charge is -2.29. The molecule has 9 nitrogen and oxygen atoms in total. The Morgan fingerprint density at radius 3 is 1.87 bits per heavy atom. The summed E-state index contributed by atoms with van der Waals surface area (Å²) >= 11 is 0. The molecule has 0 bridgehead atoms. The highest BCUT2D eigenvalue weighted by atomic mass is 16.6. The molecule has 0 unspecified atom stereocenters. The van der Waals surface area contributed by atoms with E-state index in [1.54, 1.807) is 72.7 Å². The Balaban J connectivity index is 3.37. The van der Waals surface area contributed by atoms with Crippen molar-refractivity contribution in [2.75, 3.05) is 11.9 Å².